The maximum absolute atomic E-state index is 12.2. The fourth-order valence-corrected chi connectivity index (χ4v) is 2.95. The topological polar surface area (TPSA) is 85.4 Å². The van der Waals surface area contributed by atoms with Crippen LogP contribution >= 0.6 is 11.3 Å². The van der Waals surface area contributed by atoms with Gasteiger partial charge in [0.05, 0.1) is 0 Å². The first kappa shape index (κ1) is 16.8. The molecule has 1 aromatic heterocycles. The number of ether oxygens (including phenoxy) is 1. The molecule has 0 spiro atoms. The molecule has 7 heteroatoms. The van der Waals surface area contributed by atoms with Crippen molar-refractivity contribution in [1.82, 2.24) is 4.98 Å². The van der Waals surface area contributed by atoms with Gasteiger partial charge in [0.1, 0.15) is 0 Å². The lowest BCUT2D eigenvalue weighted by Crippen LogP contribution is -2.14. The van der Waals surface area contributed by atoms with E-state index in [2.05, 4.69) is 10.3 Å². The van der Waals surface area contributed by atoms with Crippen LogP contribution in [0, 0.1) is 0 Å². The number of ketones is 1. The van der Waals surface area contributed by atoms with Crippen LogP contribution in [-0.4, -0.2) is 29.3 Å². The summed E-state index contributed by atoms with van der Waals surface area (Å²) in [5.74, 6) is -1.28. The predicted molar refractivity (Wildman–Crippen MR) is 95.0 cm³/mol. The van der Waals surface area contributed by atoms with Gasteiger partial charge in [-0.15, -0.1) is 11.3 Å². The van der Waals surface area contributed by atoms with Gasteiger partial charge in [-0.2, -0.15) is 0 Å². The zero-order valence-electron chi connectivity index (χ0n) is 13.3. The van der Waals surface area contributed by atoms with Gasteiger partial charge < -0.3 is 10.1 Å². The molecule has 1 amide bonds. The maximum Gasteiger partial charge on any atom is 0.358 e. The highest BCUT2D eigenvalue weighted by molar-refractivity contribution is 7.14. The first-order valence-corrected chi connectivity index (χ1v) is 8.33. The Labute approximate surface area is 147 Å². The summed E-state index contributed by atoms with van der Waals surface area (Å²) in [6.07, 6.45) is 0. The first-order valence-electron chi connectivity index (χ1n) is 7.45. The number of fused-ring (bicyclic) bond motifs is 1. The summed E-state index contributed by atoms with van der Waals surface area (Å²) >= 11 is 1.11. The Balaban J connectivity index is 1.63. The van der Waals surface area contributed by atoms with E-state index in [1.54, 1.807) is 12.1 Å². The molecule has 0 saturated carbocycles. The second-order valence-electron chi connectivity index (χ2n) is 5.28. The van der Waals surface area contributed by atoms with Crippen molar-refractivity contribution < 1.29 is 19.1 Å². The van der Waals surface area contributed by atoms with Crippen LogP contribution < -0.4 is 5.32 Å². The second kappa shape index (κ2) is 7.23. The molecule has 0 saturated heterocycles. The average molecular weight is 354 g/mol. The number of hydrogen-bond acceptors (Lipinski definition) is 6. The van der Waals surface area contributed by atoms with Crippen molar-refractivity contribution in [1.29, 1.82) is 0 Å². The van der Waals surface area contributed by atoms with Gasteiger partial charge in [-0.05, 0) is 16.8 Å². The number of benzene rings is 2. The summed E-state index contributed by atoms with van der Waals surface area (Å²) in [5.41, 5.74) is 0.531. The van der Waals surface area contributed by atoms with Gasteiger partial charge in [0.2, 0.25) is 5.91 Å². The molecule has 1 N–H and O–H groups in total. The number of nitrogens with one attached hydrogen (secondary N) is 1. The van der Waals surface area contributed by atoms with Crippen LogP contribution in [0.4, 0.5) is 5.13 Å². The van der Waals surface area contributed by atoms with Crippen molar-refractivity contribution >= 4 is 44.9 Å². The van der Waals surface area contributed by atoms with Crippen molar-refractivity contribution in [2.75, 3.05) is 11.9 Å². The molecule has 25 heavy (non-hydrogen) atoms. The summed E-state index contributed by atoms with van der Waals surface area (Å²) in [6, 6.07) is 13.0. The third kappa shape index (κ3) is 4.07. The molecule has 0 aliphatic heterocycles. The molecule has 1 heterocycles. The van der Waals surface area contributed by atoms with E-state index in [1.165, 1.54) is 12.3 Å². The first-order chi connectivity index (χ1) is 12.0. The minimum absolute atomic E-state index is 0.0556. The highest BCUT2D eigenvalue weighted by Gasteiger charge is 2.15. The number of Topliss-reactive ketones (excluding diaryl/α,β-unsaturated/α-hetero) is 1. The molecule has 3 aromatic rings. The zero-order valence-corrected chi connectivity index (χ0v) is 14.1. The van der Waals surface area contributed by atoms with Crippen molar-refractivity contribution in [3.05, 3.63) is 59.1 Å². The van der Waals surface area contributed by atoms with E-state index in [0.29, 0.717) is 10.7 Å². The summed E-state index contributed by atoms with van der Waals surface area (Å²) in [7, 11) is 0. The monoisotopic (exact) mass is 354 g/mol. The molecular weight excluding hydrogens is 340 g/mol. The second-order valence-corrected chi connectivity index (χ2v) is 6.14. The van der Waals surface area contributed by atoms with Crippen LogP contribution in [-0.2, 0) is 9.53 Å². The van der Waals surface area contributed by atoms with E-state index < -0.39 is 5.97 Å². The van der Waals surface area contributed by atoms with Gasteiger partial charge in [-0.3, -0.25) is 9.59 Å². The summed E-state index contributed by atoms with van der Waals surface area (Å²) in [5, 5.41) is 6.23. The Morgan fingerprint density at radius 3 is 2.64 bits per heavy atom. The predicted octanol–water partition coefficient (Wildman–Crippen LogP) is 3.29. The number of thiazole rings is 1. The number of hydrogen-bond donors (Lipinski definition) is 1. The molecule has 2 aromatic carbocycles. The number of esters is 1. The lowest BCUT2D eigenvalue weighted by molar-refractivity contribution is -0.114. The minimum Gasteiger partial charge on any atom is -0.453 e. The Morgan fingerprint density at radius 2 is 1.88 bits per heavy atom. The standard InChI is InChI=1S/C18H14N2O4S/c1-11(21)19-18-20-15(10-25-18)17(23)24-9-16(22)14-7-6-12-4-2-3-5-13(12)8-14/h2-8,10H,9H2,1H3,(H,19,20,21). The van der Waals surface area contributed by atoms with Gasteiger partial charge in [0.15, 0.2) is 23.2 Å². The van der Waals surface area contributed by atoms with Crippen molar-refractivity contribution in [2.45, 2.75) is 6.92 Å². The van der Waals surface area contributed by atoms with Crippen LogP contribution in [0.2, 0.25) is 0 Å². The Kier molecular flexibility index (Phi) is 4.85. The van der Waals surface area contributed by atoms with Gasteiger partial charge in [-0.1, -0.05) is 36.4 Å². The van der Waals surface area contributed by atoms with E-state index >= 15 is 0 Å². The molecule has 3 rings (SSSR count). The highest BCUT2D eigenvalue weighted by Crippen LogP contribution is 2.17. The third-order valence-corrected chi connectivity index (χ3v) is 4.16. The highest BCUT2D eigenvalue weighted by atomic mass is 32.1. The summed E-state index contributed by atoms with van der Waals surface area (Å²) < 4.78 is 5.02. The summed E-state index contributed by atoms with van der Waals surface area (Å²) in [6.45, 7) is 0.978. The number of aromatic nitrogens is 1. The lowest BCUT2D eigenvalue weighted by Gasteiger charge is -2.04. The van der Waals surface area contributed by atoms with Crippen LogP contribution in [0.25, 0.3) is 10.8 Å². The number of carbonyl (C=O) groups is 3. The quantitative estimate of drug-likeness (QED) is 0.561. The summed E-state index contributed by atoms with van der Waals surface area (Å²) in [4.78, 5) is 39.1. The molecule has 126 valence electrons. The third-order valence-electron chi connectivity index (χ3n) is 3.40. The van der Waals surface area contributed by atoms with Crippen LogP contribution in [0.15, 0.2) is 47.8 Å². The molecular formula is C18H14N2O4S. The van der Waals surface area contributed by atoms with E-state index in [1.807, 2.05) is 30.3 Å². The Morgan fingerprint density at radius 1 is 1.12 bits per heavy atom. The van der Waals surface area contributed by atoms with Crippen molar-refractivity contribution in [3.63, 3.8) is 0 Å². The number of carbonyl (C=O) groups excluding carboxylic acids is 3. The van der Waals surface area contributed by atoms with Crippen molar-refractivity contribution in [2.24, 2.45) is 0 Å². The fraction of sp³-hybridized carbons (Fsp3) is 0.111. The van der Waals surface area contributed by atoms with Crippen LogP contribution in [0.5, 0.6) is 0 Å². The molecule has 0 unspecified atom stereocenters. The van der Waals surface area contributed by atoms with E-state index in [4.69, 9.17) is 4.74 Å². The average Bonchev–Trinajstić information content (AvgIpc) is 3.06. The van der Waals surface area contributed by atoms with Gasteiger partial charge in [-0.25, -0.2) is 9.78 Å². The van der Waals surface area contributed by atoms with E-state index in [-0.39, 0.29) is 24.0 Å². The lowest BCUT2D eigenvalue weighted by atomic mass is 10.0. The Bertz CT molecular complexity index is 964. The molecule has 0 fully saturated rings. The molecule has 6 nitrogen and oxygen atoms in total. The SMILES string of the molecule is CC(=O)Nc1nc(C(=O)OCC(=O)c2ccc3ccccc3c2)cs1. The molecule has 0 aliphatic rings. The number of rotatable bonds is 5. The fourth-order valence-electron chi connectivity index (χ4n) is 2.23. The normalized spacial score (nSPS) is 10.4. The zero-order chi connectivity index (χ0) is 17.8. The van der Waals surface area contributed by atoms with Gasteiger partial charge in [0.25, 0.3) is 0 Å². The van der Waals surface area contributed by atoms with Crippen LogP contribution in [0.3, 0.4) is 0 Å². The van der Waals surface area contributed by atoms with Gasteiger partial charge >= 0.3 is 5.97 Å². The van der Waals surface area contributed by atoms with Gasteiger partial charge in [0, 0.05) is 17.9 Å². The largest absolute Gasteiger partial charge is 0.453 e. The number of anilines is 1. The smallest absolute Gasteiger partial charge is 0.358 e. The number of amides is 1. The number of nitrogens with zero attached hydrogens (tertiary/aromatic N) is 1. The van der Waals surface area contributed by atoms with E-state index in [9.17, 15) is 14.4 Å². The molecule has 0 radical (unpaired) electrons. The van der Waals surface area contributed by atoms with Crippen molar-refractivity contribution in [3.8, 4) is 0 Å². The molecule has 0 atom stereocenters. The Hall–Kier alpha value is -3.06. The minimum atomic E-state index is -0.706. The molecule has 0 aliphatic carbocycles. The van der Waals surface area contributed by atoms with E-state index in [0.717, 1.165) is 22.1 Å². The van der Waals surface area contributed by atoms with Crippen LogP contribution in [0.1, 0.15) is 27.8 Å². The maximum atomic E-state index is 12.2. The molecule has 0 bridgehead atoms.